The predicted octanol–water partition coefficient (Wildman–Crippen LogP) is 2.56. The Bertz CT molecular complexity index is 461. The molecule has 1 fully saturated rings. The Balaban J connectivity index is 0.00000220. The molecule has 0 spiro atoms. The number of halogens is 1. The first-order valence-electron chi connectivity index (χ1n) is 7.17. The van der Waals surface area contributed by atoms with E-state index >= 15 is 0 Å². The SMILES string of the molecule is CN=C(NCc1ccc(OC(C)C)nc1)NC1CC1C.I. The van der Waals surface area contributed by atoms with Crippen LogP contribution in [0, 0.1) is 5.92 Å². The number of ether oxygens (including phenoxy) is 1. The van der Waals surface area contributed by atoms with E-state index in [0.717, 1.165) is 17.4 Å². The normalized spacial score (nSPS) is 20.7. The molecule has 21 heavy (non-hydrogen) atoms. The number of hydrogen-bond donors (Lipinski definition) is 2. The fraction of sp³-hybridized carbons (Fsp3) is 0.600. The maximum Gasteiger partial charge on any atom is 0.213 e. The van der Waals surface area contributed by atoms with Gasteiger partial charge in [0, 0.05) is 31.9 Å². The molecular formula is C15H25IN4O. The Morgan fingerprint density at radius 2 is 2.19 bits per heavy atom. The molecular weight excluding hydrogens is 379 g/mol. The highest BCUT2D eigenvalue weighted by Gasteiger charge is 2.33. The van der Waals surface area contributed by atoms with Crippen LogP contribution in [0.15, 0.2) is 23.3 Å². The summed E-state index contributed by atoms with van der Waals surface area (Å²) in [7, 11) is 1.79. The van der Waals surface area contributed by atoms with Crippen molar-refractivity contribution in [1.82, 2.24) is 15.6 Å². The summed E-state index contributed by atoms with van der Waals surface area (Å²) >= 11 is 0. The van der Waals surface area contributed by atoms with E-state index in [0.29, 0.717) is 18.5 Å². The van der Waals surface area contributed by atoms with Crippen molar-refractivity contribution in [2.45, 2.75) is 45.9 Å². The third-order valence-electron chi connectivity index (χ3n) is 3.27. The van der Waals surface area contributed by atoms with Crippen molar-refractivity contribution in [2.75, 3.05) is 7.05 Å². The topological polar surface area (TPSA) is 58.5 Å². The maximum absolute atomic E-state index is 5.52. The van der Waals surface area contributed by atoms with E-state index < -0.39 is 0 Å². The van der Waals surface area contributed by atoms with Crippen LogP contribution in [0.5, 0.6) is 5.88 Å². The van der Waals surface area contributed by atoms with Gasteiger partial charge in [-0.1, -0.05) is 13.0 Å². The van der Waals surface area contributed by atoms with Crippen LogP contribution in [0.2, 0.25) is 0 Å². The molecule has 2 unspecified atom stereocenters. The molecule has 2 atom stereocenters. The summed E-state index contributed by atoms with van der Waals surface area (Å²) in [5, 5.41) is 6.69. The lowest BCUT2D eigenvalue weighted by molar-refractivity contribution is 0.232. The zero-order valence-corrected chi connectivity index (χ0v) is 15.4. The van der Waals surface area contributed by atoms with Crippen LogP contribution in [0.25, 0.3) is 0 Å². The number of aromatic nitrogens is 1. The van der Waals surface area contributed by atoms with Gasteiger partial charge < -0.3 is 15.4 Å². The summed E-state index contributed by atoms with van der Waals surface area (Å²) in [4.78, 5) is 8.51. The van der Waals surface area contributed by atoms with Gasteiger partial charge in [0.25, 0.3) is 0 Å². The molecule has 0 bridgehead atoms. The molecule has 1 aromatic rings. The van der Waals surface area contributed by atoms with Crippen molar-refractivity contribution >= 4 is 29.9 Å². The van der Waals surface area contributed by atoms with Crippen molar-refractivity contribution in [3.63, 3.8) is 0 Å². The van der Waals surface area contributed by atoms with E-state index in [2.05, 4.69) is 27.5 Å². The number of aliphatic imine (C=N–C) groups is 1. The van der Waals surface area contributed by atoms with Gasteiger partial charge in [-0.3, -0.25) is 4.99 Å². The van der Waals surface area contributed by atoms with Gasteiger partial charge >= 0.3 is 0 Å². The monoisotopic (exact) mass is 404 g/mol. The van der Waals surface area contributed by atoms with E-state index in [1.807, 2.05) is 32.2 Å². The highest BCUT2D eigenvalue weighted by molar-refractivity contribution is 14.0. The average molecular weight is 404 g/mol. The summed E-state index contributed by atoms with van der Waals surface area (Å²) in [6.07, 6.45) is 3.20. The molecule has 0 radical (unpaired) electrons. The number of nitrogens with one attached hydrogen (secondary N) is 2. The molecule has 1 saturated carbocycles. The van der Waals surface area contributed by atoms with Crippen LogP contribution >= 0.6 is 24.0 Å². The lowest BCUT2D eigenvalue weighted by Gasteiger charge is -2.12. The molecule has 0 saturated heterocycles. The van der Waals surface area contributed by atoms with Crippen LogP contribution in [0.3, 0.4) is 0 Å². The molecule has 5 nitrogen and oxygen atoms in total. The molecule has 2 N–H and O–H groups in total. The number of hydrogen-bond acceptors (Lipinski definition) is 3. The Labute approximate surface area is 144 Å². The molecule has 2 rings (SSSR count). The lowest BCUT2D eigenvalue weighted by atomic mass is 10.3. The first kappa shape index (κ1) is 18.0. The molecule has 0 amide bonds. The van der Waals surface area contributed by atoms with Crippen LogP contribution in [0.1, 0.15) is 32.8 Å². The van der Waals surface area contributed by atoms with Crippen LogP contribution in [0.4, 0.5) is 0 Å². The number of nitrogens with zero attached hydrogens (tertiary/aromatic N) is 2. The fourth-order valence-corrected chi connectivity index (χ4v) is 1.91. The highest BCUT2D eigenvalue weighted by atomic mass is 127. The minimum absolute atomic E-state index is 0. The summed E-state index contributed by atoms with van der Waals surface area (Å²) in [5.74, 6) is 2.27. The van der Waals surface area contributed by atoms with Gasteiger partial charge in [-0.05, 0) is 31.7 Å². The van der Waals surface area contributed by atoms with E-state index in [9.17, 15) is 0 Å². The Kier molecular flexibility index (Phi) is 7.21. The molecule has 0 aromatic carbocycles. The molecule has 118 valence electrons. The van der Waals surface area contributed by atoms with E-state index in [1.165, 1.54) is 6.42 Å². The largest absolute Gasteiger partial charge is 0.475 e. The molecule has 1 aliphatic carbocycles. The van der Waals surface area contributed by atoms with Gasteiger partial charge in [0.1, 0.15) is 0 Å². The van der Waals surface area contributed by atoms with Crippen molar-refractivity contribution in [2.24, 2.45) is 10.9 Å². The number of pyridine rings is 1. The second kappa shape index (κ2) is 8.41. The van der Waals surface area contributed by atoms with Gasteiger partial charge in [0.05, 0.1) is 6.10 Å². The first-order chi connectivity index (χ1) is 9.58. The molecule has 1 aromatic heterocycles. The van der Waals surface area contributed by atoms with Crippen LogP contribution in [-0.4, -0.2) is 30.1 Å². The minimum atomic E-state index is 0. The quantitative estimate of drug-likeness (QED) is 0.450. The van der Waals surface area contributed by atoms with Gasteiger partial charge in [0.2, 0.25) is 5.88 Å². The van der Waals surface area contributed by atoms with Crippen LogP contribution in [-0.2, 0) is 6.54 Å². The Hall–Kier alpha value is -1.05. The summed E-state index contributed by atoms with van der Waals surface area (Å²) in [6, 6.07) is 4.49. The lowest BCUT2D eigenvalue weighted by Crippen LogP contribution is -2.38. The second-order valence-corrected chi connectivity index (χ2v) is 5.56. The molecule has 6 heteroatoms. The zero-order chi connectivity index (χ0) is 14.5. The van der Waals surface area contributed by atoms with Crippen molar-refractivity contribution in [1.29, 1.82) is 0 Å². The first-order valence-corrected chi connectivity index (χ1v) is 7.17. The smallest absolute Gasteiger partial charge is 0.213 e. The minimum Gasteiger partial charge on any atom is -0.475 e. The maximum atomic E-state index is 5.52. The number of guanidine groups is 1. The van der Waals surface area contributed by atoms with Gasteiger partial charge in [0.15, 0.2) is 5.96 Å². The van der Waals surface area contributed by atoms with Gasteiger partial charge in [-0.25, -0.2) is 4.98 Å². The Morgan fingerprint density at radius 3 is 2.67 bits per heavy atom. The van der Waals surface area contributed by atoms with E-state index in [-0.39, 0.29) is 30.1 Å². The van der Waals surface area contributed by atoms with Crippen LogP contribution < -0.4 is 15.4 Å². The van der Waals surface area contributed by atoms with E-state index in [4.69, 9.17) is 4.74 Å². The van der Waals surface area contributed by atoms with Gasteiger partial charge in [-0.15, -0.1) is 24.0 Å². The summed E-state index contributed by atoms with van der Waals surface area (Å²) in [5.41, 5.74) is 1.10. The van der Waals surface area contributed by atoms with E-state index in [1.54, 1.807) is 7.05 Å². The third-order valence-corrected chi connectivity index (χ3v) is 3.27. The third kappa shape index (κ3) is 6.07. The standard InChI is InChI=1S/C15H24N4O.HI/c1-10(2)20-14-6-5-12(8-17-14)9-18-15(16-4)19-13-7-11(13)3;/h5-6,8,10-11,13H,7,9H2,1-4H3,(H2,16,18,19);1H. The molecule has 1 aliphatic rings. The van der Waals surface area contributed by atoms with Crippen molar-refractivity contribution in [3.8, 4) is 5.88 Å². The van der Waals surface area contributed by atoms with Crippen molar-refractivity contribution in [3.05, 3.63) is 23.9 Å². The summed E-state index contributed by atoms with van der Waals surface area (Å²) < 4.78 is 5.52. The fourth-order valence-electron chi connectivity index (χ4n) is 1.91. The highest BCUT2D eigenvalue weighted by Crippen LogP contribution is 2.28. The van der Waals surface area contributed by atoms with Crippen molar-refractivity contribution < 1.29 is 4.74 Å². The van der Waals surface area contributed by atoms with Gasteiger partial charge in [-0.2, -0.15) is 0 Å². The zero-order valence-electron chi connectivity index (χ0n) is 13.1. The average Bonchev–Trinajstić information content (AvgIpc) is 3.11. The predicted molar refractivity (Wildman–Crippen MR) is 96.3 cm³/mol. The summed E-state index contributed by atoms with van der Waals surface area (Å²) in [6.45, 7) is 6.93. The molecule has 0 aliphatic heterocycles. The number of rotatable bonds is 5. The Morgan fingerprint density at radius 1 is 1.48 bits per heavy atom. The second-order valence-electron chi connectivity index (χ2n) is 5.56. The molecule has 1 heterocycles.